The molecule has 0 unspecified atom stereocenters. The van der Waals surface area contributed by atoms with Gasteiger partial charge in [0.1, 0.15) is 10.6 Å². The van der Waals surface area contributed by atoms with Crippen LogP contribution in [0.3, 0.4) is 0 Å². The molecule has 122 valence electrons. The number of likely N-dealkylation sites (N-methyl/N-ethyl adjacent to an activating group) is 1. The average Bonchev–Trinajstić information content (AvgIpc) is 2.75. The van der Waals surface area contributed by atoms with Crippen molar-refractivity contribution in [2.45, 2.75) is 30.7 Å². The van der Waals surface area contributed by atoms with Crippen molar-refractivity contribution in [1.29, 1.82) is 0 Å². The second-order valence-electron chi connectivity index (χ2n) is 6.55. The number of fused-ring (bicyclic) bond motifs is 4. The fourth-order valence-corrected chi connectivity index (χ4v) is 5.54. The fraction of sp³-hybridized carbons (Fsp3) is 0.625. The van der Waals surface area contributed by atoms with E-state index < -0.39 is 10.0 Å². The third-order valence-electron chi connectivity index (χ3n) is 4.75. The predicted molar refractivity (Wildman–Crippen MR) is 85.6 cm³/mol. The molecule has 0 aromatic heterocycles. The number of nitrogens with zero attached hydrogens (tertiary/aromatic N) is 2. The summed E-state index contributed by atoms with van der Waals surface area (Å²) in [7, 11) is 0.0837. The normalized spacial score (nSPS) is 26.9. The van der Waals surface area contributed by atoms with E-state index in [4.69, 9.17) is 4.74 Å². The van der Waals surface area contributed by atoms with Crippen LogP contribution in [-0.4, -0.2) is 57.5 Å². The fourth-order valence-electron chi connectivity index (χ4n) is 3.68. The molecule has 2 bridgehead atoms. The maximum atomic E-state index is 13.2. The lowest BCUT2D eigenvalue weighted by Gasteiger charge is -2.35. The first-order valence-electron chi connectivity index (χ1n) is 7.77. The zero-order chi connectivity index (χ0) is 15.9. The predicted octanol–water partition coefficient (Wildman–Crippen LogP) is 1.72. The minimum absolute atomic E-state index is 0.0692. The van der Waals surface area contributed by atoms with E-state index in [1.54, 1.807) is 16.4 Å². The summed E-state index contributed by atoms with van der Waals surface area (Å²) in [5.41, 5.74) is 0.993. The van der Waals surface area contributed by atoms with Crippen molar-refractivity contribution in [3.63, 3.8) is 0 Å². The monoisotopic (exact) mass is 324 g/mol. The summed E-state index contributed by atoms with van der Waals surface area (Å²) < 4.78 is 33.3. The molecular formula is C16H24N2O3S. The van der Waals surface area contributed by atoms with Gasteiger partial charge in [0.25, 0.3) is 0 Å². The van der Waals surface area contributed by atoms with E-state index in [1.807, 2.05) is 13.0 Å². The number of piperidine rings is 1. The van der Waals surface area contributed by atoms with Crippen LogP contribution in [0, 0.1) is 12.8 Å². The Bertz CT molecular complexity index is 659. The summed E-state index contributed by atoms with van der Waals surface area (Å²) >= 11 is 0. The van der Waals surface area contributed by atoms with E-state index in [0.717, 1.165) is 31.5 Å². The van der Waals surface area contributed by atoms with Gasteiger partial charge in [-0.3, -0.25) is 0 Å². The van der Waals surface area contributed by atoms with Gasteiger partial charge in [0.05, 0.1) is 7.11 Å². The highest BCUT2D eigenvalue weighted by Crippen LogP contribution is 2.35. The Morgan fingerprint density at radius 2 is 1.95 bits per heavy atom. The van der Waals surface area contributed by atoms with Crippen LogP contribution in [0.2, 0.25) is 0 Å². The molecule has 1 aromatic carbocycles. The average molecular weight is 324 g/mol. The van der Waals surface area contributed by atoms with Gasteiger partial charge in [-0.2, -0.15) is 4.31 Å². The summed E-state index contributed by atoms with van der Waals surface area (Å²) in [4.78, 5) is 2.54. The first-order valence-corrected chi connectivity index (χ1v) is 9.21. The van der Waals surface area contributed by atoms with Gasteiger partial charge in [-0.05, 0) is 50.4 Å². The van der Waals surface area contributed by atoms with Gasteiger partial charge in [-0.15, -0.1) is 0 Å². The molecule has 3 aliphatic heterocycles. The second-order valence-corrected chi connectivity index (χ2v) is 8.41. The molecule has 3 saturated heterocycles. The van der Waals surface area contributed by atoms with Crippen LogP contribution in [-0.2, 0) is 10.0 Å². The number of ether oxygens (including phenoxy) is 1. The number of sulfonamides is 1. The van der Waals surface area contributed by atoms with Crippen LogP contribution >= 0.6 is 0 Å². The van der Waals surface area contributed by atoms with Crippen molar-refractivity contribution in [3.05, 3.63) is 23.8 Å². The van der Waals surface area contributed by atoms with Gasteiger partial charge in [0.15, 0.2) is 0 Å². The minimum Gasteiger partial charge on any atom is -0.495 e. The highest BCUT2D eigenvalue weighted by Gasteiger charge is 2.41. The van der Waals surface area contributed by atoms with E-state index in [-0.39, 0.29) is 10.9 Å². The SMILES string of the molecule is COc1cc(C)ccc1S(=O)(=O)N1C[C@@H]2CC[C@H]1CN(C)C2. The Labute approximate surface area is 132 Å². The Balaban J connectivity index is 2.00. The van der Waals surface area contributed by atoms with Gasteiger partial charge in [-0.1, -0.05) is 6.07 Å². The van der Waals surface area contributed by atoms with Crippen LogP contribution < -0.4 is 4.74 Å². The molecule has 0 radical (unpaired) electrons. The molecule has 2 atom stereocenters. The third-order valence-corrected chi connectivity index (χ3v) is 6.71. The number of hydrogen-bond donors (Lipinski definition) is 0. The Hall–Kier alpha value is -1.11. The number of methoxy groups -OCH3 is 1. The topological polar surface area (TPSA) is 49.9 Å². The molecule has 0 N–H and O–H groups in total. The van der Waals surface area contributed by atoms with Gasteiger partial charge < -0.3 is 9.64 Å². The van der Waals surface area contributed by atoms with Gasteiger partial charge in [-0.25, -0.2) is 8.42 Å². The maximum Gasteiger partial charge on any atom is 0.247 e. The summed E-state index contributed by atoms with van der Waals surface area (Å²) in [6, 6.07) is 5.36. The van der Waals surface area contributed by atoms with Crippen LogP contribution in [0.5, 0.6) is 5.75 Å². The zero-order valence-corrected chi connectivity index (χ0v) is 14.3. The van der Waals surface area contributed by atoms with Gasteiger partial charge >= 0.3 is 0 Å². The maximum absolute atomic E-state index is 13.2. The third kappa shape index (κ3) is 2.75. The van der Waals surface area contributed by atoms with Crippen LogP contribution in [0.15, 0.2) is 23.1 Å². The largest absolute Gasteiger partial charge is 0.495 e. The lowest BCUT2D eigenvalue weighted by atomic mass is 9.97. The number of hydrogen-bond acceptors (Lipinski definition) is 4. The lowest BCUT2D eigenvalue weighted by Crippen LogP contribution is -2.47. The smallest absolute Gasteiger partial charge is 0.247 e. The van der Waals surface area contributed by atoms with E-state index in [0.29, 0.717) is 18.2 Å². The van der Waals surface area contributed by atoms with Gasteiger partial charge in [0.2, 0.25) is 10.0 Å². The summed E-state index contributed by atoms with van der Waals surface area (Å²) in [5.74, 6) is 0.864. The molecule has 5 nitrogen and oxygen atoms in total. The molecule has 3 aliphatic rings. The molecule has 3 fully saturated rings. The van der Waals surface area contributed by atoms with Crippen LogP contribution in [0.4, 0.5) is 0 Å². The summed E-state index contributed by atoms with van der Waals surface area (Å²) in [5, 5.41) is 0. The molecule has 1 aromatic rings. The van der Waals surface area contributed by atoms with E-state index in [2.05, 4.69) is 11.9 Å². The second kappa shape index (κ2) is 5.83. The van der Waals surface area contributed by atoms with Crippen LogP contribution in [0.1, 0.15) is 18.4 Å². The van der Waals surface area contributed by atoms with Crippen molar-refractivity contribution in [1.82, 2.24) is 9.21 Å². The number of rotatable bonds is 3. The Kier molecular flexibility index (Phi) is 4.18. The van der Waals surface area contributed by atoms with Crippen molar-refractivity contribution >= 4 is 10.0 Å². The highest BCUT2D eigenvalue weighted by atomic mass is 32.2. The standard InChI is InChI=1S/C16H24N2O3S/c1-12-4-7-16(15(8-12)21-3)22(19,20)18-10-13-5-6-14(18)11-17(2)9-13/h4,7-8,13-14H,5-6,9-11H2,1-3H3/t13-,14+/m1/s1. The summed E-state index contributed by atoms with van der Waals surface area (Å²) in [6.07, 6.45) is 2.06. The van der Waals surface area contributed by atoms with Crippen molar-refractivity contribution in [2.24, 2.45) is 5.92 Å². The summed E-state index contributed by atoms with van der Waals surface area (Å²) in [6.45, 7) is 4.34. The molecule has 0 saturated carbocycles. The quantitative estimate of drug-likeness (QED) is 0.849. The van der Waals surface area contributed by atoms with Crippen LogP contribution in [0.25, 0.3) is 0 Å². The minimum atomic E-state index is -3.52. The lowest BCUT2D eigenvalue weighted by molar-refractivity contribution is 0.228. The van der Waals surface area contributed by atoms with Crippen molar-refractivity contribution < 1.29 is 13.2 Å². The van der Waals surface area contributed by atoms with E-state index in [9.17, 15) is 8.42 Å². The van der Waals surface area contributed by atoms with Crippen molar-refractivity contribution in [2.75, 3.05) is 33.8 Å². The highest BCUT2D eigenvalue weighted by molar-refractivity contribution is 7.89. The first kappa shape index (κ1) is 15.8. The molecule has 0 amide bonds. The number of benzene rings is 1. The molecule has 0 spiro atoms. The molecule has 0 aliphatic carbocycles. The van der Waals surface area contributed by atoms with Gasteiger partial charge in [0, 0.05) is 25.7 Å². The molecule has 6 heteroatoms. The Morgan fingerprint density at radius 3 is 2.68 bits per heavy atom. The zero-order valence-electron chi connectivity index (χ0n) is 13.4. The van der Waals surface area contributed by atoms with E-state index in [1.165, 1.54) is 7.11 Å². The Morgan fingerprint density at radius 1 is 1.18 bits per heavy atom. The molecule has 4 rings (SSSR count). The number of aryl methyl sites for hydroxylation is 1. The van der Waals surface area contributed by atoms with Crippen molar-refractivity contribution in [3.8, 4) is 5.75 Å². The molecule has 3 heterocycles. The first-order chi connectivity index (χ1) is 10.4. The molecule has 22 heavy (non-hydrogen) atoms. The van der Waals surface area contributed by atoms with E-state index >= 15 is 0 Å². The molecular weight excluding hydrogens is 300 g/mol.